The highest BCUT2D eigenvalue weighted by Crippen LogP contribution is 2.28. The van der Waals surface area contributed by atoms with Crippen LogP contribution in [0.25, 0.3) is 22.6 Å². The van der Waals surface area contributed by atoms with Crippen molar-refractivity contribution in [3.05, 3.63) is 76.8 Å². The SMILES string of the molecule is CS(=O)(=O)Nc1ccc(-c2csc(NC(=O)c3ccc(-c4ccc(Cl)cc4)o3)n2)cc1. The predicted molar refractivity (Wildman–Crippen MR) is 123 cm³/mol. The third-order valence-electron chi connectivity index (χ3n) is 4.17. The number of hydrogen-bond donors (Lipinski definition) is 2. The van der Waals surface area contributed by atoms with Gasteiger partial charge in [-0.15, -0.1) is 11.3 Å². The molecule has 1 amide bonds. The summed E-state index contributed by atoms with van der Waals surface area (Å²) in [6.07, 6.45) is 1.09. The van der Waals surface area contributed by atoms with Gasteiger partial charge in [0, 0.05) is 27.2 Å². The molecule has 0 radical (unpaired) electrons. The first-order valence-electron chi connectivity index (χ1n) is 8.98. The molecule has 2 N–H and O–H groups in total. The van der Waals surface area contributed by atoms with Crippen molar-refractivity contribution >= 4 is 49.7 Å². The van der Waals surface area contributed by atoms with Crippen LogP contribution in [0.2, 0.25) is 5.02 Å². The lowest BCUT2D eigenvalue weighted by Crippen LogP contribution is -2.10. The zero-order valence-electron chi connectivity index (χ0n) is 16.1. The molecule has 2 aromatic carbocycles. The Hall–Kier alpha value is -3.14. The molecule has 2 heterocycles. The average molecular weight is 474 g/mol. The van der Waals surface area contributed by atoms with E-state index in [1.165, 1.54) is 11.3 Å². The number of carbonyl (C=O) groups excluding carboxylic acids is 1. The van der Waals surface area contributed by atoms with Crippen LogP contribution >= 0.6 is 22.9 Å². The van der Waals surface area contributed by atoms with Crippen molar-refractivity contribution < 1.29 is 17.6 Å². The highest BCUT2D eigenvalue weighted by Gasteiger charge is 2.15. The molecule has 0 saturated heterocycles. The Morgan fingerprint density at radius 3 is 2.35 bits per heavy atom. The van der Waals surface area contributed by atoms with Gasteiger partial charge in [0.1, 0.15) is 5.76 Å². The first-order chi connectivity index (χ1) is 14.8. The monoisotopic (exact) mass is 473 g/mol. The fraction of sp³-hybridized carbons (Fsp3) is 0.0476. The van der Waals surface area contributed by atoms with Gasteiger partial charge in [0.05, 0.1) is 11.9 Å². The lowest BCUT2D eigenvalue weighted by molar-refractivity contribution is 0.0997. The summed E-state index contributed by atoms with van der Waals surface area (Å²) < 4.78 is 30.7. The molecule has 0 unspecified atom stereocenters. The molecule has 10 heteroatoms. The molecule has 0 aliphatic heterocycles. The molecule has 4 rings (SSSR count). The summed E-state index contributed by atoms with van der Waals surface area (Å²) in [6.45, 7) is 0. The minimum absolute atomic E-state index is 0.165. The van der Waals surface area contributed by atoms with E-state index in [1.54, 1.807) is 53.9 Å². The largest absolute Gasteiger partial charge is 0.451 e. The van der Waals surface area contributed by atoms with E-state index in [1.807, 2.05) is 12.1 Å². The van der Waals surface area contributed by atoms with Gasteiger partial charge in [-0.25, -0.2) is 13.4 Å². The summed E-state index contributed by atoms with van der Waals surface area (Å²) in [6, 6.07) is 17.2. The molecule has 0 spiro atoms. The number of nitrogens with one attached hydrogen (secondary N) is 2. The van der Waals surface area contributed by atoms with Crippen LogP contribution in [0, 0.1) is 0 Å². The van der Waals surface area contributed by atoms with Gasteiger partial charge in [0.15, 0.2) is 10.9 Å². The maximum absolute atomic E-state index is 12.5. The zero-order chi connectivity index (χ0) is 22.0. The molecular weight excluding hydrogens is 458 g/mol. The molecule has 4 aromatic rings. The van der Waals surface area contributed by atoms with E-state index in [0.717, 1.165) is 17.4 Å². The Kier molecular flexibility index (Phi) is 5.81. The Labute approximate surface area is 187 Å². The molecule has 0 aliphatic carbocycles. The van der Waals surface area contributed by atoms with Crippen LogP contribution in [0.1, 0.15) is 10.6 Å². The van der Waals surface area contributed by atoms with E-state index in [-0.39, 0.29) is 5.76 Å². The van der Waals surface area contributed by atoms with E-state index >= 15 is 0 Å². The standard InChI is InChI=1S/C21H16ClN3O4S2/c1-31(27,28)25-16-8-4-13(5-9-16)17-12-30-21(23-17)24-20(26)19-11-10-18(29-19)14-2-6-15(22)7-3-14/h2-12,25H,1H3,(H,23,24,26). The minimum atomic E-state index is -3.33. The van der Waals surface area contributed by atoms with Crippen molar-refractivity contribution in [2.24, 2.45) is 0 Å². The topological polar surface area (TPSA) is 101 Å². The molecular formula is C21H16ClN3O4S2. The molecule has 0 atom stereocenters. The second-order valence-electron chi connectivity index (χ2n) is 6.61. The number of anilines is 2. The van der Waals surface area contributed by atoms with E-state index < -0.39 is 15.9 Å². The number of rotatable bonds is 6. The van der Waals surface area contributed by atoms with Crippen LogP contribution in [-0.4, -0.2) is 25.6 Å². The molecule has 0 fully saturated rings. The number of halogens is 1. The Morgan fingerprint density at radius 1 is 1.00 bits per heavy atom. The van der Waals surface area contributed by atoms with Crippen molar-refractivity contribution in [2.45, 2.75) is 0 Å². The van der Waals surface area contributed by atoms with E-state index in [4.69, 9.17) is 16.0 Å². The van der Waals surface area contributed by atoms with E-state index in [2.05, 4.69) is 15.0 Å². The van der Waals surface area contributed by atoms with Crippen LogP contribution in [-0.2, 0) is 10.0 Å². The summed E-state index contributed by atoms with van der Waals surface area (Å²) in [5.41, 5.74) is 2.73. The third kappa shape index (κ3) is 5.32. The number of sulfonamides is 1. The van der Waals surface area contributed by atoms with Gasteiger partial charge in [-0.1, -0.05) is 23.7 Å². The van der Waals surface area contributed by atoms with Gasteiger partial charge in [-0.05, 0) is 48.5 Å². The maximum atomic E-state index is 12.5. The number of nitrogens with zero attached hydrogens (tertiary/aromatic N) is 1. The number of carbonyl (C=O) groups is 1. The minimum Gasteiger partial charge on any atom is -0.451 e. The predicted octanol–water partition coefficient (Wildman–Crippen LogP) is 5.35. The quantitative estimate of drug-likeness (QED) is 0.393. The lowest BCUT2D eigenvalue weighted by atomic mass is 10.1. The van der Waals surface area contributed by atoms with Crippen molar-refractivity contribution in [2.75, 3.05) is 16.3 Å². The van der Waals surface area contributed by atoms with Gasteiger partial charge in [0.2, 0.25) is 10.0 Å². The second kappa shape index (κ2) is 8.54. The van der Waals surface area contributed by atoms with Crippen LogP contribution in [0.15, 0.2) is 70.5 Å². The normalized spacial score (nSPS) is 11.3. The maximum Gasteiger partial charge on any atom is 0.293 e. The Morgan fingerprint density at radius 2 is 1.68 bits per heavy atom. The second-order valence-corrected chi connectivity index (χ2v) is 9.66. The smallest absolute Gasteiger partial charge is 0.293 e. The number of furan rings is 1. The van der Waals surface area contributed by atoms with Crippen molar-refractivity contribution in [1.29, 1.82) is 0 Å². The molecule has 158 valence electrons. The fourth-order valence-corrected chi connectivity index (χ4v) is 4.18. The van der Waals surface area contributed by atoms with Gasteiger partial charge in [0.25, 0.3) is 5.91 Å². The number of aromatic nitrogens is 1. The summed E-state index contributed by atoms with van der Waals surface area (Å²) in [5.74, 6) is 0.316. The van der Waals surface area contributed by atoms with Crippen LogP contribution in [0.5, 0.6) is 0 Å². The molecule has 2 aromatic heterocycles. The summed E-state index contributed by atoms with van der Waals surface area (Å²) in [7, 11) is -3.33. The van der Waals surface area contributed by atoms with Crippen LogP contribution < -0.4 is 10.0 Å². The van der Waals surface area contributed by atoms with Crippen LogP contribution in [0.4, 0.5) is 10.8 Å². The molecule has 0 bridgehead atoms. The van der Waals surface area contributed by atoms with Gasteiger partial charge >= 0.3 is 0 Å². The summed E-state index contributed by atoms with van der Waals surface area (Å²) in [5, 5.41) is 5.57. The summed E-state index contributed by atoms with van der Waals surface area (Å²) >= 11 is 7.17. The number of benzene rings is 2. The highest BCUT2D eigenvalue weighted by molar-refractivity contribution is 7.92. The first kappa shape index (κ1) is 21.1. The van der Waals surface area contributed by atoms with Gasteiger partial charge < -0.3 is 4.42 Å². The lowest BCUT2D eigenvalue weighted by Gasteiger charge is -2.04. The van der Waals surface area contributed by atoms with Gasteiger partial charge in [-0.3, -0.25) is 14.8 Å². The van der Waals surface area contributed by atoms with Crippen molar-refractivity contribution in [3.8, 4) is 22.6 Å². The van der Waals surface area contributed by atoms with E-state index in [9.17, 15) is 13.2 Å². The summed E-state index contributed by atoms with van der Waals surface area (Å²) in [4.78, 5) is 16.9. The average Bonchev–Trinajstić information content (AvgIpc) is 3.38. The first-order valence-corrected chi connectivity index (χ1v) is 12.1. The Balaban J connectivity index is 1.44. The van der Waals surface area contributed by atoms with E-state index in [0.29, 0.717) is 27.3 Å². The number of hydrogen-bond acceptors (Lipinski definition) is 6. The van der Waals surface area contributed by atoms with Crippen molar-refractivity contribution in [3.63, 3.8) is 0 Å². The molecule has 0 saturated carbocycles. The number of amides is 1. The fourth-order valence-electron chi connectivity index (χ4n) is 2.77. The molecule has 0 aliphatic rings. The number of thiazole rings is 1. The highest BCUT2D eigenvalue weighted by atomic mass is 35.5. The Bertz CT molecular complexity index is 1330. The van der Waals surface area contributed by atoms with Gasteiger partial charge in [-0.2, -0.15) is 0 Å². The molecule has 7 nitrogen and oxygen atoms in total. The zero-order valence-corrected chi connectivity index (χ0v) is 18.5. The van der Waals surface area contributed by atoms with Crippen molar-refractivity contribution in [1.82, 2.24) is 4.98 Å². The molecule has 31 heavy (non-hydrogen) atoms. The third-order valence-corrected chi connectivity index (χ3v) is 5.78. The van der Waals surface area contributed by atoms with Crippen LogP contribution in [0.3, 0.4) is 0 Å².